The van der Waals surface area contributed by atoms with Crippen LogP contribution in [0.2, 0.25) is 0 Å². The van der Waals surface area contributed by atoms with Gasteiger partial charge in [0.15, 0.2) is 6.29 Å². The number of hydrogen-bond acceptors (Lipinski definition) is 12. The first kappa shape index (κ1) is 40.3. The van der Waals surface area contributed by atoms with Crippen molar-refractivity contribution in [3.63, 3.8) is 0 Å². The topological polar surface area (TPSA) is 192 Å². The van der Waals surface area contributed by atoms with Crippen molar-refractivity contribution in [3.8, 4) is 0 Å². The van der Waals surface area contributed by atoms with E-state index in [0.29, 0.717) is 18.8 Å². The highest BCUT2D eigenvalue weighted by atomic mass is 16.7. The molecule has 298 valence electrons. The Morgan fingerprint density at radius 2 is 1.56 bits per heavy atom. The van der Waals surface area contributed by atoms with E-state index >= 15 is 0 Å². The summed E-state index contributed by atoms with van der Waals surface area (Å²) in [5.74, 6) is -0.142. The first-order valence-corrected chi connectivity index (χ1v) is 19.7. The molecule has 6 fully saturated rings. The molecule has 52 heavy (non-hydrogen) atoms. The van der Waals surface area contributed by atoms with Gasteiger partial charge in [0.1, 0.15) is 43.2 Å². The smallest absolute Gasteiger partial charge is 0.302 e. The van der Waals surface area contributed by atoms with Crippen LogP contribution in [0.4, 0.5) is 0 Å². The molecule has 5 aliphatic carbocycles. The molecule has 0 bridgehead atoms. The number of esters is 2. The van der Waals surface area contributed by atoms with Gasteiger partial charge in [0, 0.05) is 24.7 Å². The maximum absolute atomic E-state index is 12.3. The number of aliphatic hydroxyl groups is 6. The maximum atomic E-state index is 12.3. The van der Waals surface area contributed by atoms with E-state index in [-0.39, 0.29) is 63.5 Å². The highest BCUT2D eigenvalue weighted by Gasteiger charge is 2.85. The van der Waals surface area contributed by atoms with Crippen LogP contribution in [0, 0.1) is 50.7 Å². The van der Waals surface area contributed by atoms with Crippen LogP contribution in [0.5, 0.6) is 0 Å². The van der Waals surface area contributed by atoms with Crippen LogP contribution >= 0.6 is 0 Å². The molecule has 6 rings (SSSR count). The van der Waals surface area contributed by atoms with Gasteiger partial charge in [-0.25, -0.2) is 0 Å². The molecule has 0 spiro atoms. The lowest BCUT2D eigenvalue weighted by Gasteiger charge is -2.69. The van der Waals surface area contributed by atoms with Gasteiger partial charge in [0.2, 0.25) is 0 Å². The number of carbonyl (C=O) groups excluding carboxylic acids is 2. The molecule has 0 aromatic heterocycles. The van der Waals surface area contributed by atoms with Gasteiger partial charge in [-0.1, -0.05) is 34.6 Å². The van der Waals surface area contributed by atoms with E-state index in [2.05, 4.69) is 34.6 Å². The van der Waals surface area contributed by atoms with Crippen molar-refractivity contribution in [2.45, 2.75) is 181 Å². The normalized spacial score (nSPS) is 48.2. The van der Waals surface area contributed by atoms with Gasteiger partial charge in [-0.3, -0.25) is 9.59 Å². The highest BCUT2D eigenvalue weighted by molar-refractivity contribution is 5.66. The fourth-order valence-corrected chi connectivity index (χ4v) is 13.7. The fraction of sp³-hybridized carbons (Fsp3) is 0.950. The SMILES string of the molecule is CC(=O)OCC1OC(O[C@@H]2CC3C(C)(C)[C@H](OC(C)=O)CC[C@]3(C)C3CC[C@]45C[C@]4(CC[C@H]5C(C)C[C@@H](O)[C@@H](O)C(C)(C)O)[C@@]32C)C(O)C(O)C1O. The molecule has 1 heterocycles. The van der Waals surface area contributed by atoms with E-state index in [4.69, 9.17) is 18.9 Å². The van der Waals surface area contributed by atoms with Crippen molar-refractivity contribution in [2.24, 2.45) is 50.7 Å². The maximum Gasteiger partial charge on any atom is 0.302 e. The van der Waals surface area contributed by atoms with Crippen molar-refractivity contribution < 1.29 is 59.2 Å². The molecule has 1 aliphatic heterocycles. The molecule has 0 aromatic carbocycles. The van der Waals surface area contributed by atoms with E-state index in [9.17, 15) is 40.2 Å². The van der Waals surface area contributed by atoms with Crippen molar-refractivity contribution in [1.29, 1.82) is 0 Å². The third kappa shape index (κ3) is 5.99. The van der Waals surface area contributed by atoms with Crippen LogP contribution in [-0.4, -0.2) is 110 Å². The Morgan fingerprint density at radius 3 is 2.17 bits per heavy atom. The third-order valence-corrected chi connectivity index (χ3v) is 16.2. The monoisotopic (exact) mass is 738 g/mol. The molecular formula is C40H66O12. The number of hydrogen-bond donors (Lipinski definition) is 6. The second kappa shape index (κ2) is 13.4. The van der Waals surface area contributed by atoms with Crippen molar-refractivity contribution >= 4 is 11.9 Å². The largest absolute Gasteiger partial charge is 0.463 e. The van der Waals surface area contributed by atoms with Crippen LogP contribution in [0.25, 0.3) is 0 Å². The van der Waals surface area contributed by atoms with Gasteiger partial charge in [-0.05, 0) is 112 Å². The zero-order valence-corrected chi connectivity index (χ0v) is 32.7. The van der Waals surface area contributed by atoms with E-state index in [1.807, 2.05) is 0 Å². The summed E-state index contributed by atoms with van der Waals surface area (Å²) in [7, 11) is 0. The van der Waals surface area contributed by atoms with Crippen LogP contribution < -0.4 is 0 Å². The van der Waals surface area contributed by atoms with Crippen molar-refractivity contribution in [3.05, 3.63) is 0 Å². The summed E-state index contributed by atoms with van der Waals surface area (Å²) in [6.07, 6.45) is -2.40. The lowest BCUT2D eigenvalue weighted by molar-refractivity contribution is -0.344. The zero-order chi connectivity index (χ0) is 38.6. The molecule has 0 aromatic rings. The summed E-state index contributed by atoms with van der Waals surface area (Å²) in [5, 5.41) is 65.2. The summed E-state index contributed by atoms with van der Waals surface area (Å²) in [4.78, 5) is 23.9. The Morgan fingerprint density at radius 1 is 0.885 bits per heavy atom. The van der Waals surface area contributed by atoms with Gasteiger partial charge >= 0.3 is 11.9 Å². The molecule has 1 saturated heterocycles. The number of rotatable bonds is 10. The molecule has 5 saturated carbocycles. The number of carbonyl (C=O) groups is 2. The van der Waals surface area contributed by atoms with Gasteiger partial charge in [0.25, 0.3) is 0 Å². The zero-order valence-electron chi connectivity index (χ0n) is 32.7. The molecule has 0 amide bonds. The third-order valence-electron chi connectivity index (χ3n) is 16.2. The van der Waals surface area contributed by atoms with Gasteiger partial charge in [0.05, 0.1) is 17.8 Å². The predicted octanol–water partition coefficient (Wildman–Crippen LogP) is 3.24. The highest BCUT2D eigenvalue weighted by Crippen LogP contribution is 2.91. The Hall–Kier alpha value is -1.38. The first-order valence-electron chi connectivity index (χ1n) is 19.7. The molecule has 12 nitrogen and oxygen atoms in total. The van der Waals surface area contributed by atoms with Crippen molar-refractivity contribution in [2.75, 3.05) is 6.61 Å². The summed E-state index contributed by atoms with van der Waals surface area (Å²) in [5.41, 5.74) is -2.38. The van der Waals surface area contributed by atoms with Gasteiger partial charge < -0.3 is 49.6 Å². The summed E-state index contributed by atoms with van der Waals surface area (Å²) in [6, 6.07) is 0. The van der Waals surface area contributed by atoms with Crippen LogP contribution in [0.15, 0.2) is 0 Å². The van der Waals surface area contributed by atoms with E-state index in [1.54, 1.807) is 0 Å². The standard InChI is InChI=1S/C40H66O12/c1-20(16-24(43)33(47)36(6,7)48)23-10-15-40-19-39(23,40)14-11-26-37(8)13-12-28(50-22(3)42)35(4,5)27(37)17-29(38(26,40)9)52-34-32(46)31(45)30(44)25(51-34)18-49-21(2)41/h20,23-34,43-48H,10-19H2,1-9H3/t20?,23-,24+,25?,26?,27?,28+,29+,30?,31?,32?,33+,34?,37+,38-,39+,40+/m0/s1. The Bertz CT molecular complexity index is 1360. The minimum atomic E-state index is -1.58. The molecular weight excluding hydrogens is 672 g/mol. The van der Waals surface area contributed by atoms with Crippen LogP contribution in [0.3, 0.4) is 0 Å². The van der Waals surface area contributed by atoms with E-state index in [1.165, 1.54) is 27.7 Å². The van der Waals surface area contributed by atoms with Gasteiger partial charge in [-0.15, -0.1) is 0 Å². The molecule has 12 heteroatoms. The average molecular weight is 739 g/mol. The fourth-order valence-electron chi connectivity index (χ4n) is 13.7. The number of ether oxygens (including phenoxy) is 4. The molecule has 17 atom stereocenters. The van der Waals surface area contributed by atoms with E-state index in [0.717, 1.165) is 44.9 Å². The second-order valence-corrected chi connectivity index (χ2v) is 19.5. The lowest BCUT2D eigenvalue weighted by Crippen LogP contribution is -2.68. The Labute approximate surface area is 308 Å². The molecule has 6 aliphatic rings. The lowest BCUT2D eigenvalue weighted by atomic mass is 9.37. The average Bonchev–Trinajstić information content (AvgIpc) is 3.61. The summed E-state index contributed by atoms with van der Waals surface area (Å²) < 4.78 is 24.3. The molecule has 0 radical (unpaired) electrons. The summed E-state index contributed by atoms with van der Waals surface area (Å²) >= 11 is 0. The minimum Gasteiger partial charge on any atom is -0.463 e. The Balaban J connectivity index is 1.36. The number of aliphatic hydroxyl groups excluding tert-OH is 5. The van der Waals surface area contributed by atoms with E-state index < -0.39 is 60.6 Å². The number of fused-ring (bicyclic) bond motifs is 3. The van der Waals surface area contributed by atoms with Crippen molar-refractivity contribution in [1.82, 2.24) is 0 Å². The molecule has 8 unspecified atom stereocenters. The summed E-state index contributed by atoms with van der Waals surface area (Å²) in [6.45, 7) is 16.7. The Kier molecular flexibility index (Phi) is 10.4. The predicted molar refractivity (Wildman–Crippen MR) is 188 cm³/mol. The minimum absolute atomic E-state index is 0.00590. The van der Waals surface area contributed by atoms with Crippen LogP contribution in [0.1, 0.15) is 120 Å². The molecule has 6 N–H and O–H groups in total. The first-order chi connectivity index (χ1) is 24.0. The van der Waals surface area contributed by atoms with Gasteiger partial charge in [-0.2, -0.15) is 0 Å². The quantitative estimate of drug-likeness (QED) is 0.142. The second-order valence-electron chi connectivity index (χ2n) is 19.5. The van der Waals surface area contributed by atoms with Crippen LogP contribution in [-0.2, 0) is 28.5 Å².